The van der Waals surface area contributed by atoms with Crippen LogP contribution < -0.4 is 5.32 Å². The number of aromatic nitrogens is 3. The van der Waals surface area contributed by atoms with Gasteiger partial charge in [-0.1, -0.05) is 0 Å². The van der Waals surface area contributed by atoms with Crippen LogP contribution in [-0.2, 0) is 16.3 Å². The molecule has 17 heavy (non-hydrogen) atoms. The molecule has 0 amide bonds. The van der Waals surface area contributed by atoms with Gasteiger partial charge in [0.2, 0.25) is 0 Å². The van der Waals surface area contributed by atoms with Crippen LogP contribution in [-0.4, -0.2) is 47.7 Å². The predicted molar refractivity (Wildman–Crippen MR) is 64.4 cm³/mol. The zero-order chi connectivity index (χ0) is 12.1. The number of sulfone groups is 1. The third-order valence-corrected chi connectivity index (χ3v) is 4.76. The lowest BCUT2D eigenvalue weighted by Gasteiger charge is -2.22. The van der Waals surface area contributed by atoms with Gasteiger partial charge in [0.25, 0.3) is 0 Å². The van der Waals surface area contributed by atoms with Crippen molar-refractivity contribution in [2.45, 2.75) is 31.7 Å². The molecule has 0 unspecified atom stereocenters. The van der Waals surface area contributed by atoms with Gasteiger partial charge < -0.3 is 5.32 Å². The SMILES string of the molecule is O=S1(=O)CCC(NCCCc2ncn[nH]2)CC1. The van der Waals surface area contributed by atoms with Gasteiger partial charge >= 0.3 is 0 Å². The van der Waals surface area contributed by atoms with Gasteiger partial charge in [-0.15, -0.1) is 0 Å². The third-order valence-electron chi connectivity index (χ3n) is 3.04. The van der Waals surface area contributed by atoms with Crippen LogP contribution in [0.25, 0.3) is 0 Å². The van der Waals surface area contributed by atoms with Gasteiger partial charge in [-0.3, -0.25) is 5.10 Å². The van der Waals surface area contributed by atoms with E-state index in [-0.39, 0.29) is 0 Å². The minimum atomic E-state index is -2.74. The monoisotopic (exact) mass is 258 g/mol. The van der Waals surface area contributed by atoms with Gasteiger partial charge in [0.05, 0.1) is 11.5 Å². The normalized spacial score (nSPS) is 20.5. The summed E-state index contributed by atoms with van der Waals surface area (Å²) in [5.74, 6) is 1.55. The van der Waals surface area contributed by atoms with Gasteiger partial charge in [-0.05, 0) is 25.8 Å². The molecule has 96 valence electrons. The molecule has 1 aliphatic heterocycles. The molecule has 0 radical (unpaired) electrons. The highest BCUT2D eigenvalue weighted by molar-refractivity contribution is 7.91. The molecule has 2 heterocycles. The summed E-state index contributed by atoms with van der Waals surface area (Å²) in [4.78, 5) is 4.05. The Bertz CT molecular complexity index is 415. The lowest BCUT2D eigenvalue weighted by Crippen LogP contribution is -2.38. The molecule has 0 aliphatic carbocycles. The Morgan fingerprint density at radius 2 is 2.18 bits per heavy atom. The summed E-state index contributed by atoms with van der Waals surface area (Å²) in [5, 5.41) is 10.00. The van der Waals surface area contributed by atoms with E-state index in [2.05, 4.69) is 20.5 Å². The van der Waals surface area contributed by atoms with Gasteiger partial charge in [0.15, 0.2) is 0 Å². The lowest BCUT2D eigenvalue weighted by molar-refractivity contribution is 0.459. The summed E-state index contributed by atoms with van der Waals surface area (Å²) in [6.07, 6.45) is 4.85. The van der Waals surface area contributed by atoms with Crippen molar-refractivity contribution < 1.29 is 8.42 Å². The zero-order valence-corrected chi connectivity index (χ0v) is 10.5. The van der Waals surface area contributed by atoms with E-state index in [1.54, 1.807) is 0 Å². The molecule has 7 heteroatoms. The van der Waals surface area contributed by atoms with E-state index in [9.17, 15) is 8.42 Å². The van der Waals surface area contributed by atoms with Crippen molar-refractivity contribution in [3.05, 3.63) is 12.2 Å². The van der Waals surface area contributed by atoms with E-state index in [4.69, 9.17) is 0 Å². The number of nitrogens with one attached hydrogen (secondary N) is 2. The second-order valence-electron chi connectivity index (χ2n) is 4.42. The highest BCUT2D eigenvalue weighted by Gasteiger charge is 2.22. The van der Waals surface area contributed by atoms with Crippen LogP contribution in [0.2, 0.25) is 0 Å². The van der Waals surface area contributed by atoms with E-state index in [1.807, 2.05) is 0 Å². The maximum absolute atomic E-state index is 11.2. The first-order valence-electron chi connectivity index (χ1n) is 5.94. The van der Waals surface area contributed by atoms with Crippen LogP contribution in [0, 0.1) is 0 Å². The van der Waals surface area contributed by atoms with Crippen molar-refractivity contribution in [1.82, 2.24) is 20.5 Å². The first-order valence-corrected chi connectivity index (χ1v) is 7.76. The van der Waals surface area contributed by atoms with Gasteiger partial charge in [-0.2, -0.15) is 5.10 Å². The van der Waals surface area contributed by atoms with Gasteiger partial charge in [0.1, 0.15) is 22.0 Å². The number of nitrogens with zero attached hydrogens (tertiary/aromatic N) is 2. The van der Waals surface area contributed by atoms with Crippen LogP contribution in [0.4, 0.5) is 0 Å². The van der Waals surface area contributed by atoms with Crippen LogP contribution >= 0.6 is 0 Å². The molecule has 0 bridgehead atoms. The number of H-pyrrole nitrogens is 1. The van der Waals surface area contributed by atoms with E-state index >= 15 is 0 Å². The van der Waals surface area contributed by atoms with Crippen molar-refractivity contribution in [3.63, 3.8) is 0 Å². The van der Waals surface area contributed by atoms with Crippen LogP contribution in [0.3, 0.4) is 0 Å². The van der Waals surface area contributed by atoms with Crippen molar-refractivity contribution in [3.8, 4) is 0 Å². The maximum Gasteiger partial charge on any atom is 0.150 e. The highest BCUT2D eigenvalue weighted by atomic mass is 32.2. The molecule has 2 N–H and O–H groups in total. The second-order valence-corrected chi connectivity index (χ2v) is 6.72. The Labute approximate surface area is 101 Å². The minimum absolute atomic E-state index is 0.326. The molecular formula is C10H18N4O2S. The average molecular weight is 258 g/mol. The number of aryl methyl sites for hydroxylation is 1. The number of hydrogen-bond donors (Lipinski definition) is 2. The first kappa shape index (κ1) is 12.5. The Hall–Kier alpha value is -0.950. The number of rotatable bonds is 5. The number of aromatic amines is 1. The molecule has 6 nitrogen and oxygen atoms in total. The summed E-state index contributed by atoms with van der Waals surface area (Å²) >= 11 is 0. The first-order chi connectivity index (χ1) is 8.16. The van der Waals surface area contributed by atoms with E-state index < -0.39 is 9.84 Å². The predicted octanol–water partition coefficient (Wildman–Crippen LogP) is -0.0959. The molecule has 0 spiro atoms. The summed E-state index contributed by atoms with van der Waals surface area (Å²) < 4.78 is 22.5. The summed E-state index contributed by atoms with van der Waals surface area (Å²) in [6, 6.07) is 0.355. The fourth-order valence-corrected chi connectivity index (χ4v) is 3.50. The van der Waals surface area contributed by atoms with E-state index in [0.29, 0.717) is 17.5 Å². The fourth-order valence-electron chi connectivity index (χ4n) is 2.01. The molecule has 0 saturated carbocycles. The van der Waals surface area contributed by atoms with E-state index in [1.165, 1.54) is 6.33 Å². The smallest absolute Gasteiger partial charge is 0.150 e. The molecule has 0 aromatic carbocycles. The molecular weight excluding hydrogens is 240 g/mol. The van der Waals surface area contributed by atoms with Crippen LogP contribution in [0.1, 0.15) is 25.1 Å². The quantitative estimate of drug-likeness (QED) is 0.720. The van der Waals surface area contributed by atoms with Gasteiger partial charge in [-0.25, -0.2) is 13.4 Å². The highest BCUT2D eigenvalue weighted by Crippen LogP contribution is 2.11. The van der Waals surface area contributed by atoms with Crippen LogP contribution in [0.15, 0.2) is 6.33 Å². The average Bonchev–Trinajstić information content (AvgIpc) is 2.79. The molecule has 1 aromatic rings. The molecule has 1 aliphatic rings. The maximum atomic E-state index is 11.2. The molecule has 2 rings (SSSR count). The zero-order valence-electron chi connectivity index (χ0n) is 9.72. The Morgan fingerprint density at radius 1 is 1.41 bits per heavy atom. The molecule has 1 saturated heterocycles. The number of hydrogen-bond acceptors (Lipinski definition) is 5. The molecule has 0 atom stereocenters. The summed E-state index contributed by atoms with van der Waals surface area (Å²) in [6.45, 7) is 0.894. The topological polar surface area (TPSA) is 87.7 Å². The fraction of sp³-hybridized carbons (Fsp3) is 0.800. The summed E-state index contributed by atoms with van der Waals surface area (Å²) in [5.41, 5.74) is 0. The molecule has 1 fully saturated rings. The third kappa shape index (κ3) is 4.08. The van der Waals surface area contributed by atoms with E-state index in [0.717, 1.165) is 38.1 Å². The van der Waals surface area contributed by atoms with Crippen LogP contribution in [0.5, 0.6) is 0 Å². The Morgan fingerprint density at radius 3 is 2.82 bits per heavy atom. The van der Waals surface area contributed by atoms with Gasteiger partial charge in [0, 0.05) is 12.5 Å². The Kier molecular flexibility index (Phi) is 4.11. The summed E-state index contributed by atoms with van der Waals surface area (Å²) in [7, 11) is -2.74. The van der Waals surface area contributed by atoms with Crippen molar-refractivity contribution in [2.75, 3.05) is 18.1 Å². The largest absolute Gasteiger partial charge is 0.314 e. The standard InChI is InChI=1S/C10H18N4O2S/c15-17(16)6-3-9(4-7-17)11-5-1-2-10-12-8-13-14-10/h8-9,11H,1-7H2,(H,12,13,14). The lowest BCUT2D eigenvalue weighted by atomic mass is 10.1. The second kappa shape index (κ2) is 5.59. The minimum Gasteiger partial charge on any atom is -0.314 e. The van der Waals surface area contributed by atoms with Crippen molar-refractivity contribution in [1.29, 1.82) is 0 Å². The van der Waals surface area contributed by atoms with Crippen molar-refractivity contribution in [2.24, 2.45) is 0 Å². The van der Waals surface area contributed by atoms with Crippen molar-refractivity contribution >= 4 is 9.84 Å². The Balaban J connectivity index is 1.60. The molecule has 1 aromatic heterocycles.